The second kappa shape index (κ2) is 12.7. The van der Waals surface area contributed by atoms with Crippen molar-refractivity contribution in [3.8, 4) is 5.75 Å². The van der Waals surface area contributed by atoms with Crippen molar-refractivity contribution < 1.29 is 9.53 Å². The summed E-state index contributed by atoms with van der Waals surface area (Å²) in [4.78, 5) is 17.4. The van der Waals surface area contributed by atoms with E-state index >= 15 is 0 Å². The Labute approximate surface area is 220 Å². The van der Waals surface area contributed by atoms with Crippen LogP contribution < -0.4 is 10.1 Å². The molecular formula is C30H35N3O2S. The first-order valence-corrected chi connectivity index (χ1v) is 13.1. The molecule has 1 N–H and O–H groups in total. The van der Waals surface area contributed by atoms with Gasteiger partial charge in [0, 0.05) is 31.7 Å². The van der Waals surface area contributed by atoms with E-state index in [1.165, 1.54) is 11.1 Å². The summed E-state index contributed by atoms with van der Waals surface area (Å²) in [5.41, 5.74) is 3.13. The van der Waals surface area contributed by atoms with Crippen LogP contribution in [0.5, 0.6) is 5.75 Å². The molecular weight excluding hydrogens is 466 g/mol. The fourth-order valence-corrected chi connectivity index (χ4v) is 4.71. The Bertz CT molecular complexity index is 1070. The smallest absolute Gasteiger partial charge is 0.257 e. The Morgan fingerprint density at radius 1 is 0.861 bits per heavy atom. The number of thiocarbonyl (C=S) groups is 1. The van der Waals surface area contributed by atoms with E-state index in [4.69, 9.17) is 17.0 Å². The van der Waals surface area contributed by atoms with E-state index in [0.717, 1.165) is 38.3 Å². The van der Waals surface area contributed by atoms with Crippen LogP contribution >= 0.6 is 12.2 Å². The van der Waals surface area contributed by atoms with Gasteiger partial charge in [-0.25, -0.2) is 0 Å². The van der Waals surface area contributed by atoms with Crippen LogP contribution in [0.25, 0.3) is 0 Å². The van der Waals surface area contributed by atoms with Gasteiger partial charge in [-0.15, -0.1) is 0 Å². The maximum Gasteiger partial charge on any atom is 0.257 e. The van der Waals surface area contributed by atoms with Crippen LogP contribution in [0, 0.1) is 5.92 Å². The molecule has 1 saturated heterocycles. The normalized spacial score (nSPS) is 14.2. The summed E-state index contributed by atoms with van der Waals surface area (Å²) in [6, 6.07) is 28.7. The van der Waals surface area contributed by atoms with Gasteiger partial charge in [0.2, 0.25) is 0 Å². The third-order valence-corrected chi connectivity index (χ3v) is 6.86. The summed E-state index contributed by atoms with van der Waals surface area (Å²) in [7, 11) is 0. The van der Waals surface area contributed by atoms with Crippen molar-refractivity contribution in [1.29, 1.82) is 0 Å². The predicted octanol–water partition coefficient (Wildman–Crippen LogP) is 5.53. The largest absolute Gasteiger partial charge is 0.494 e. The van der Waals surface area contributed by atoms with E-state index in [2.05, 4.69) is 89.6 Å². The highest BCUT2D eigenvalue weighted by molar-refractivity contribution is 7.80. The van der Waals surface area contributed by atoms with Crippen molar-refractivity contribution in [2.45, 2.75) is 26.3 Å². The first-order chi connectivity index (χ1) is 17.5. The zero-order valence-electron chi connectivity index (χ0n) is 21.1. The molecule has 1 heterocycles. The van der Waals surface area contributed by atoms with Crippen LogP contribution in [-0.2, 0) is 0 Å². The van der Waals surface area contributed by atoms with Crippen molar-refractivity contribution in [1.82, 2.24) is 15.1 Å². The average Bonchev–Trinajstić information content (AvgIpc) is 2.90. The molecule has 0 aliphatic carbocycles. The lowest BCUT2D eigenvalue weighted by Crippen LogP contribution is -2.53. The Kier molecular flexibility index (Phi) is 9.09. The van der Waals surface area contributed by atoms with Crippen LogP contribution in [0.1, 0.15) is 47.8 Å². The molecule has 1 aliphatic heterocycles. The van der Waals surface area contributed by atoms with Gasteiger partial charge in [0.05, 0.1) is 12.6 Å². The molecule has 6 heteroatoms. The lowest BCUT2D eigenvalue weighted by molar-refractivity contribution is 0.0967. The van der Waals surface area contributed by atoms with Gasteiger partial charge in [-0.3, -0.25) is 15.0 Å². The second-order valence-electron chi connectivity index (χ2n) is 9.56. The molecule has 4 rings (SSSR count). The lowest BCUT2D eigenvalue weighted by Gasteiger charge is -2.40. The number of carbonyl (C=O) groups is 1. The number of amides is 1. The van der Waals surface area contributed by atoms with Gasteiger partial charge < -0.3 is 9.64 Å². The maximum absolute atomic E-state index is 12.8. The fourth-order valence-electron chi connectivity index (χ4n) is 4.43. The molecule has 0 unspecified atom stereocenters. The summed E-state index contributed by atoms with van der Waals surface area (Å²) in [5.74, 6) is 1.18. The molecule has 188 valence electrons. The second-order valence-corrected chi connectivity index (χ2v) is 9.95. The Morgan fingerprint density at radius 3 is 1.94 bits per heavy atom. The quantitative estimate of drug-likeness (QED) is 0.411. The van der Waals surface area contributed by atoms with E-state index < -0.39 is 0 Å². The molecule has 3 aromatic rings. The van der Waals surface area contributed by atoms with E-state index in [0.29, 0.717) is 23.2 Å². The van der Waals surface area contributed by atoms with E-state index in [9.17, 15) is 4.79 Å². The minimum atomic E-state index is -0.192. The molecule has 0 radical (unpaired) electrons. The Balaban J connectivity index is 1.32. The molecule has 0 spiro atoms. The number of ether oxygens (including phenoxy) is 1. The van der Waals surface area contributed by atoms with Gasteiger partial charge in [-0.2, -0.15) is 0 Å². The van der Waals surface area contributed by atoms with Crippen LogP contribution in [0.3, 0.4) is 0 Å². The van der Waals surface area contributed by atoms with Crippen molar-refractivity contribution in [2.24, 2.45) is 5.92 Å². The number of nitrogens with one attached hydrogen (secondary N) is 1. The van der Waals surface area contributed by atoms with Gasteiger partial charge in [-0.1, -0.05) is 74.5 Å². The average molecular weight is 502 g/mol. The molecule has 0 bridgehead atoms. The van der Waals surface area contributed by atoms with Crippen LogP contribution in [0.4, 0.5) is 0 Å². The highest BCUT2D eigenvalue weighted by Crippen LogP contribution is 2.29. The van der Waals surface area contributed by atoms with Crippen molar-refractivity contribution in [3.05, 3.63) is 102 Å². The highest BCUT2D eigenvalue weighted by atomic mass is 32.1. The number of rotatable bonds is 8. The number of piperazine rings is 1. The fraction of sp³-hybridized carbons (Fsp3) is 0.333. The summed E-state index contributed by atoms with van der Waals surface area (Å²) in [6.07, 6.45) is 1.00. The first-order valence-electron chi connectivity index (χ1n) is 12.7. The Hall–Kier alpha value is -3.22. The third-order valence-electron chi connectivity index (χ3n) is 6.50. The van der Waals surface area contributed by atoms with Crippen LogP contribution in [0.2, 0.25) is 0 Å². The van der Waals surface area contributed by atoms with Crippen LogP contribution in [0.15, 0.2) is 84.9 Å². The number of carbonyl (C=O) groups excluding carboxylic acids is 1. The molecule has 36 heavy (non-hydrogen) atoms. The third kappa shape index (κ3) is 6.93. The lowest BCUT2D eigenvalue weighted by atomic mass is 9.96. The molecule has 5 nitrogen and oxygen atoms in total. The van der Waals surface area contributed by atoms with E-state index in [1.807, 2.05) is 12.1 Å². The van der Waals surface area contributed by atoms with Gasteiger partial charge in [0.1, 0.15) is 5.75 Å². The van der Waals surface area contributed by atoms with Crippen molar-refractivity contribution in [3.63, 3.8) is 0 Å². The molecule has 1 aliphatic rings. The van der Waals surface area contributed by atoms with E-state index in [1.54, 1.807) is 12.1 Å². The van der Waals surface area contributed by atoms with Crippen molar-refractivity contribution >= 4 is 23.2 Å². The minimum Gasteiger partial charge on any atom is -0.494 e. The zero-order valence-corrected chi connectivity index (χ0v) is 21.9. The van der Waals surface area contributed by atoms with Crippen molar-refractivity contribution in [2.75, 3.05) is 32.8 Å². The van der Waals surface area contributed by atoms with Gasteiger partial charge in [0.25, 0.3) is 5.91 Å². The monoisotopic (exact) mass is 501 g/mol. The van der Waals surface area contributed by atoms with Gasteiger partial charge >= 0.3 is 0 Å². The van der Waals surface area contributed by atoms with Gasteiger partial charge in [-0.05, 0) is 59.9 Å². The van der Waals surface area contributed by atoms with E-state index in [-0.39, 0.29) is 11.9 Å². The maximum atomic E-state index is 12.8. The molecule has 0 saturated carbocycles. The number of benzene rings is 3. The minimum absolute atomic E-state index is 0.192. The standard InChI is InChI=1S/C30H35N3O2S/c1-23(2)17-22-35-27-15-13-26(14-16-27)29(34)31-30(36)33-20-18-32(19-21-33)28(24-9-5-3-6-10-24)25-11-7-4-8-12-25/h3-16,23,28H,17-22H2,1-2H3,(H,31,34,36). The van der Waals surface area contributed by atoms with Crippen LogP contribution in [-0.4, -0.2) is 53.6 Å². The number of hydrogen-bond donors (Lipinski definition) is 1. The number of nitrogens with zero attached hydrogens (tertiary/aromatic N) is 2. The molecule has 0 atom stereocenters. The molecule has 3 aromatic carbocycles. The zero-order chi connectivity index (χ0) is 25.3. The summed E-state index contributed by atoms with van der Waals surface area (Å²) >= 11 is 5.60. The molecule has 1 fully saturated rings. The SMILES string of the molecule is CC(C)CCOc1ccc(C(=O)NC(=S)N2CCN(C(c3ccccc3)c3ccccc3)CC2)cc1. The van der Waals surface area contributed by atoms with Gasteiger partial charge in [0.15, 0.2) is 5.11 Å². The molecule has 1 amide bonds. The molecule has 0 aromatic heterocycles. The summed E-state index contributed by atoms with van der Waals surface area (Å²) in [5, 5.41) is 3.39. The predicted molar refractivity (Wildman–Crippen MR) is 149 cm³/mol. The summed E-state index contributed by atoms with van der Waals surface area (Å²) < 4.78 is 5.75. The summed E-state index contributed by atoms with van der Waals surface area (Å²) in [6.45, 7) is 8.25. The topological polar surface area (TPSA) is 44.8 Å². The highest BCUT2D eigenvalue weighted by Gasteiger charge is 2.27. The first kappa shape index (κ1) is 25.9. The Morgan fingerprint density at radius 2 is 1.42 bits per heavy atom. The number of hydrogen-bond acceptors (Lipinski definition) is 4.